The number of rotatable bonds is 3. The minimum atomic E-state index is -0.301. The van der Waals surface area contributed by atoms with Gasteiger partial charge >= 0.3 is 0 Å². The smallest absolute Gasteiger partial charge is 0.193 e. The molecule has 3 rings (SSSR count). The first-order chi connectivity index (χ1) is 11.5. The molecule has 5 heteroatoms. The Bertz CT molecular complexity index is 898. The quantitative estimate of drug-likeness (QED) is 0.624. The Kier molecular flexibility index (Phi) is 4.47. The lowest BCUT2D eigenvalue weighted by molar-refractivity contribution is 0.103. The van der Waals surface area contributed by atoms with Crippen molar-refractivity contribution >= 4 is 29.0 Å². The molecule has 0 bridgehead atoms. The van der Waals surface area contributed by atoms with Crippen LogP contribution < -0.4 is 0 Å². The van der Waals surface area contributed by atoms with E-state index in [0.29, 0.717) is 21.2 Å². The van der Waals surface area contributed by atoms with Crippen LogP contribution in [0.5, 0.6) is 11.5 Å². The fourth-order valence-corrected chi connectivity index (χ4v) is 2.85. The average molecular weight is 359 g/mol. The number of phenols is 2. The molecule has 0 amide bonds. The van der Waals surface area contributed by atoms with Gasteiger partial charge in [-0.25, -0.2) is 0 Å². The van der Waals surface area contributed by atoms with Gasteiger partial charge in [0.15, 0.2) is 5.78 Å². The molecule has 3 aromatic rings. The highest BCUT2D eigenvalue weighted by Crippen LogP contribution is 2.42. The minimum absolute atomic E-state index is 0.132. The van der Waals surface area contributed by atoms with Crippen LogP contribution in [0, 0.1) is 0 Å². The van der Waals surface area contributed by atoms with E-state index in [2.05, 4.69) is 0 Å². The highest BCUT2D eigenvalue weighted by molar-refractivity contribution is 6.35. The summed E-state index contributed by atoms with van der Waals surface area (Å²) in [6, 6.07) is 15.9. The van der Waals surface area contributed by atoms with Crippen molar-refractivity contribution in [1.29, 1.82) is 0 Å². The molecule has 0 unspecified atom stereocenters. The highest BCUT2D eigenvalue weighted by Gasteiger charge is 2.18. The second kappa shape index (κ2) is 6.56. The molecule has 0 spiro atoms. The van der Waals surface area contributed by atoms with E-state index >= 15 is 0 Å². The molecule has 120 valence electrons. The summed E-state index contributed by atoms with van der Waals surface area (Å²) in [5.74, 6) is -0.804. The van der Waals surface area contributed by atoms with Crippen LogP contribution in [0.25, 0.3) is 11.1 Å². The summed E-state index contributed by atoms with van der Waals surface area (Å²) >= 11 is 12.1. The van der Waals surface area contributed by atoms with Gasteiger partial charge in [0.1, 0.15) is 11.5 Å². The number of benzene rings is 3. The van der Waals surface area contributed by atoms with Crippen molar-refractivity contribution in [2.24, 2.45) is 0 Å². The molecule has 0 radical (unpaired) electrons. The van der Waals surface area contributed by atoms with Gasteiger partial charge in [-0.15, -0.1) is 0 Å². The Labute approximate surface area is 148 Å². The summed E-state index contributed by atoms with van der Waals surface area (Å²) in [7, 11) is 0. The van der Waals surface area contributed by atoms with E-state index in [-0.39, 0.29) is 28.4 Å². The van der Waals surface area contributed by atoms with Crippen LogP contribution in [-0.2, 0) is 0 Å². The van der Waals surface area contributed by atoms with Crippen molar-refractivity contribution < 1.29 is 15.0 Å². The monoisotopic (exact) mass is 358 g/mol. The van der Waals surface area contributed by atoms with Gasteiger partial charge in [0, 0.05) is 26.7 Å². The van der Waals surface area contributed by atoms with Crippen LogP contribution in [0.15, 0.2) is 60.7 Å². The fourth-order valence-electron chi connectivity index (χ4n) is 2.46. The molecule has 3 aromatic carbocycles. The molecule has 2 N–H and O–H groups in total. The molecule has 0 aliphatic rings. The van der Waals surface area contributed by atoms with Gasteiger partial charge in [0.2, 0.25) is 0 Å². The zero-order valence-electron chi connectivity index (χ0n) is 12.3. The summed E-state index contributed by atoms with van der Waals surface area (Å²) in [5, 5.41) is 21.4. The maximum atomic E-state index is 12.5. The highest BCUT2D eigenvalue weighted by atomic mass is 35.5. The molecule has 0 atom stereocenters. The number of ketones is 1. The molecule has 0 aliphatic carbocycles. The van der Waals surface area contributed by atoms with E-state index in [4.69, 9.17) is 23.2 Å². The average Bonchev–Trinajstić information content (AvgIpc) is 2.57. The molecule has 3 nitrogen and oxygen atoms in total. The van der Waals surface area contributed by atoms with Gasteiger partial charge in [0.25, 0.3) is 0 Å². The third-order valence-corrected chi connectivity index (χ3v) is 4.16. The Balaban J connectivity index is 2.10. The van der Waals surface area contributed by atoms with E-state index in [0.717, 1.165) is 0 Å². The van der Waals surface area contributed by atoms with Crippen molar-refractivity contribution in [3.05, 3.63) is 81.8 Å². The third kappa shape index (κ3) is 3.09. The number of halogens is 2. The van der Waals surface area contributed by atoms with Gasteiger partial charge in [-0.2, -0.15) is 0 Å². The van der Waals surface area contributed by atoms with Crippen LogP contribution in [0.2, 0.25) is 10.0 Å². The SMILES string of the molecule is O=C(c1ccccc1)c1cc(O)c(-c2cc(Cl)ccc2Cl)c(O)c1. The van der Waals surface area contributed by atoms with Crippen molar-refractivity contribution in [3.8, 4) is 22.6 Å². The predicted molar refractivity (Wildman–Crippen MR) is 95.1 cm³/mol. The van der Waals surface area contributed by atoms with Gasteiger partial charge in [0.05, 0.1) is 5.56 Å². The zero-order chi connectivity index (χ0) is 17.3. The Hall–Kier alpha value is -2.49. The number of carbonyl (C=O) groups is 1. The lowest BCUT2D eigenvalue weighted by atomic mass is 9.97. The first-order valence-corrected chi connectivity index (χ1v) is 7.84. The molecule has 0 saturated heterocycles. The van der Waals surface area contributed by atoms with Crippen molar-refractivity contribution in [2.45, 2.75) is 0 Å². The number of hydrogen-bond donors (Lipinski definition) is 2. The van der Waals surface area contributed by atoms with Crippen LogP contribution in [0.3, 0.4) is 0 Å². The van der Waals surface area contributed by atoms with Crippen molar-refractivity contribution in [3.63, 3.8) is 0 Å². The Morgan fingerprint density at radius 1 is 0.792 bits per heavy atom. The van der Waals surface area contributed by atoms with E-state index in [1.807, 2.05) is 0 Å². The molecule has 0 aliphatic heterocycles. The van der Waals surface area contributed by atoms with Crippen molar-refractivity contribution in [1.82, 2.24) is 0 Å². The topological polar surface area (TPSA) is 57.5 Å². The lowest BCUT2D eigenvalue weighted by Gasteiger charge is -2.12. The molecule has 0 heterocycles. The molecule has 24 heavy (non-hydrogen) atoms. The van der Waals surface area contributed by atoms with Crippen LogP contribution in [0.4, 0.5) is 0 Å². The molecule has 0 saturated carbocycles. The second-order valence-corrected chi connectivity index (χ2v) is 6.05. The third-order valence-electron chi connectivity index (χ3n) is 3.59. The van der Waals surface area contributed by atoms with Crippen LogP contribution in [-0.4, -0.2) is 16.0 Å². The number of aromatic hydroxyl groups is 2. The normalized spacial score (nSPS) is 10.6. The fraction of sp³-hybridized carbons (Fsp3) is 0. The molecular weight excluding hydrogens is 347 g/mol. The summed E-state index contributed by atoms with van der Waals surface area (Å²) in [4.78, 5) is 12.5. The maximum absolute atomic E-state index is 12.5. The van der Waals surface area contributed by atoms with Crippen LogP contribution in [0.1, 0.15) is 15.9 Å². The van der Waals surface area contributed by atoms with Crippen molar-refractivity contribution in [2.75, 3.05) is 0 Å². The van der Waals surface area contributed by atoms with Crippen LogP contribution >= 0.6 is 23.2 Å². The van der Waals surface area contributed by atoms with E-state index in [1.54, 1.807) is 42.5 Å². The number of phenolic OH excluding ortho intramolecular Hbond substituents is 2. The standard InChI is InChI=1S/C19H12Cl2O3/c20-13-6-7-15(21)14(10-13)18-16(22)8-12(9-17(18)23)19(24)11-4-2-1-3-5-11/h1-10,22-23H. The van der Waals surface area contributed by atoms with E-state index in [9.17, 15) is 15.0 Å². The zero-order valence-corrected chi connectivity index (χ0v) is 13.8. The Morgan fingerprint density at radius 2 is 1.42 bits per heavy atom. The van der Waals surface area contributed by atoms with Gasteiger partial charge in [-0.1, -0.05) is 53.5 Å². The number of carbonyl (C=O) groups excluding carboxylic acids is 1. The Morgan fingerprint density at radius 3 is 2.04 bits per heavy atom. The summed E-state index contributed by atoms with van der Waals surface area (Å²) < 4.78 is 0. The van der Waals surface area contributed by atoms with Gasteiger partial charge in [-0.05, 0) is 30.3 Å². The summed E-state index contributed by atoms with van der Waals surface area (Å²) in [6.45, 7) is 0. The largest absolute Gasteiger partial charge is 0.507 e. The minimum Gasteiger partial charge on any atom is -0.507 e. The summed E-state index contributed by atoms with van der Waals surface area (Å²) in [5.41, 5.74) is 1.16. The number of hydrogen-bond acceptors (Lipinski definition) is 3. The summed E-state index contributed by atoms with van der Waals surface area (Å²) in [6.07, 6.45) is 0. The molecular formula is C19H12Cl2O3. The predicted octanol–water partition coefficient (Wildman–Crippen LogP) is 5.30. The first-order valence-electron chi connectivity index (χ1n) is 7.08. The van der Waals surface area contributed by atoms with E-state index in [1.165, 1.54) is 18.2 Å². The van der Waals surface area contributed by atoms with Gasteiger partial charge < -0.3 is 10.2 Å². The molecule has 0 aromatic heterocycles. The lowest BCUT2D eigenvalue weighted by Crippen LogP contribution is -2.01. The maximum Gasteiger partial charge on any atom is 0.193 e. The second-order valence-electron chi connectivity index (χ2n) is 5.21. The van der Waals surface area contributed by atoms with Gasteiger partial charge in [-0.3, -0.25) is 4.79 Å². The first kappa shape index (κ1) is 16.4. The van der Waals surface area contributed by atoms with E-state index < -0.39 is 0 Å². The molecule has 0 fully saturated rings.